The molecule has 0 heterocycles. The van der Waals surface area contributed by atoms with Gasteiger partial charge in [0, 0.05) is 13.1 Å². The Morgan fingerprint density at radius 3 is 2.10 bits per heavy atom. The second-order valence-corrected chi connectivity index (χ2v) is 6.54. The number of carboxylic acid groups (broad SMARTS) is 1. The highest BCUT2D eigenvalue weighted by atomic mass is 16.4. The minimum absolute atomic E-state index is 0.226. The zero-order valence-electron chi connectivity index (χ0n) is 12.3. The van der Waals surface area contributed by atoms with Crippen LogP contribution < -0.4 is 10.6 Å². The molecule has 2 aliphatic carbocycles. The van der Waals surface area contributed by atoms with Crippen LogP contribution in [0.5, 0.6) is 0 Å². The van der Waals surface area contributed by atoms with Crippen molar-refractivity contribution in [2.45, 2.75) is 58.3 Å². The Hall–Kier alpha value is -1.26. The molecular formula is C15H26N2O3. The van der Waals surface area contributed by atoms with Crippen molar-refractivity contribution in [2.24, 2.45) is 10.8 Å². The summed E-state index contributed by atoms with van der Waals surface area (Å²) in [6.45, 7) is 3.09. The van der Waals surface area contributed by atoms with Crippen molar-refractivity contribution >= 4 is 12.0 Å². The second kappa shape index (κ2) is 6.02. The van der Waals surface area contributed by atoms with E-state index in [2.05, 4.69) is 17.6 Å². The van der Waals surface area contributed by atoms with E-state index in [9.17, 15) is 14.7 Å². The summed E-state index contributed by atoms with van der Waals surface area (Å²) in [7, 11) is 0. The Labute approximate surface area is 120 Å². The molecule has 3 N–H and O–H groups in total. The predicted molar refractivity (Wildman–Crippen MR) is 76.5 cm³/mol. The molecule has 114 valence electrons. The van der Waals surface area contributed by atoms with Gasteiger partial charge in [-0.15, -0.1) is 0 Å². The summed E-state index contributed by atoms with van der Waals surface area (Å²) >= 11 is 0. The third kappa shape index (κ3) is 3.44. The maximum atomic E-state index is 11.8. The van der Waals surface area contributed by atoms with E-state index < -0.39 is 11.4 Å². The van der Waals surface area contributed by atoms with Crippen LogP contribution in [-0.4, -0.2) is 30.2 Å². The van der Waals surface area contributed by atoms with Crippen LogP contribution in [0.4, 0.5) is 4.79 Å². The monoisotopic (exact) mass is 282 g/mol. The van der Waals surface area contributed by atoms with Crippen molar-refractivity contribution in [1.29, 1.82) is 0 Å². The third-order valence-electron chi connectivity index (χ3n) is 5.18. The molecule has 0 aromatic heterocycles. The quantitative estimate of drug-likeness (QED) is 0.700. The number of rotatable bonds is 6. The van der Waals surface area contributed by atoms with Crippen LogP contribution in [0.1, 0.15) is 58.3 Å². The van der Waals surface area contributed by atoms with Gasteiger partial charge >= 0.3 is 12.0 Å². The molecule has 5 nitrogen and oxygen atoms in total. The number of hydrogen-bond donors (Lipinski definition) is 3. The van der Waals surface area contributed by atoms with Crippen LogP contribution in [0, 0.1) is 10.8 Å². The highest BCUT2D eigenvalue weighted by Gasteiger charge is 2.42. The summed E-state index contributed by atoms with van der Waals surface area (Å²) < 4.78 is 0. The number of carbonyl (C=O) groups is 2. The Bertz CT molecular complexity index is 371. The molecule has 2 fully saturated rings. The van der Waals surface area contributed by atoms with Crippen LogP contribution in [-0.2, 0) is 4.79 Å². The van der Waals surface area contributed by atoms with E-state index in [4.69, 9.17) is 0 Å². The van der Waals surface area contributed by atoms with Gasteiger partial charge in [0.1, 0.15) is 0 Å². The van der Waals surface area contributed by atoms with Crippen molar-refractivity contribution in [2.75, 3.05) is 13.1 Å². The number of amides is 2. The molecular weight excluding hydrogens is 256 g/mol. The molecule has 2 aliphatic rings. The lowest BCUT2D eigenvalue weighted by Gasteiger charge is -2.33. The van der Waals surface area contributed by atoms with Gasteiger partial charge in [0.05, 0.1) is 5.41 Å². The Morgan fingerprint density at radius 1 is 1.00 bits per heavy atom. The van der Waals surface area contributed by atoms with Crippen molar-refractivity contribution in [3.05, 3.63) is 0 Å². The third-order valence-corrected chi connectivity index (χ3v) is 5.18. The first kappa shape index (κ1) is 15.1. The lowest BCUT2D eigenvalue weighted by Crippen LogP contribution is -2.48. The van der Waals surface area contributed by atoms with Crippen LogP contribution in [0.2, 0.25) is 0 Å². The first-order chi connectivity index (χ1) is 9.52. The summed E-state index contributed by atoms with van der Waals surface area (Å²) in [6.07, 6.45) is 7.77. The largest absolute Gasteiger partial charge is 0.481 e. The molecule has 0 radical (unpaired) electrons. The molecule has 2 saturated carbocycles. The fourth-order valence-corrected chi connectivity index (χ4v) is 3.11. The van der Waals surface area contributed by atoms with Gasteiger partial charge in [0.2, 0.25) is 0 Å². The van der Waals surface area contributed by atoms with E-state index in [1.807, 2.05) is 0 Å². The van der Waals surface area contributed by atoms with Crippen molar-refractivity contribution < 1.29 is 14.7 Å². The van der Waals surface area contributed by atoms with Gasteiger partial charge < -0.3 is 15.7 Å². The van der Waals surface area contributed by atoms with Gasteiger partial charge in [-0.2, -0.15) is 0 Å². The smallest absolute Gasteiger partial charge is 0.314 e. The minimum Gasteiger partial charge on any atom is -0.481 e. The molecule has 0 unspecified atom stereocenters. The van der Waals surface area contributed by atoms with Crippen LogP contribution in [0.3, 0.4) is 0 Å². The number of hydrogen-bond acceptors (Lipinski definition) is 2. The van der Waals surface area contributed by atoms with Crippen molar-refractivity contribution in [1.82, 2.24) is 10.6 Å². The fraction of sp³-hybridized carbons (Fsp3) is 0.867. The van der Waals surface area contributed by atoms with E-state index in [0.29, 0.717) is 24.8 Å². The Kier molecular flexibility index (Phi) is 4.55. The number of nitrogens with one attached hydrogen (secondary N) is 2. The molecule has 0 saturated heterocycles. The van der Waals surface area contributed by atoms with Gasteiger partial charge in [-0.05, 0) is 37.5 Å². The zero-order valence-corrected chi connectivity index (χ0v) is 12.3. The number of carboxylic acids is 1. The molecule has 2 rings (SSSR count). The van der Waals surface area contributed by atoms with Gasteiger partial charge in [-0.25, -0.2) is 4.79 Å². The number of aliphatic carboxylic acids is 1. The first-order valence-electron chi connectivity index (χ1n) is 7.77. The van der Waals surface area contributed by atoms with Crippen molar-refractivity contribution in [3.63, 3.8) is 0 Å². The van der Waals surface area contributed by atoms with Gasteiger partial charge in [0.15, 0.2) is 0 Å². The lowest BCUT2D eigenvalue weighted by molar-refractivity contribution is -0.150. The molecule has 0 aromatic carbocycles. The van der Waals surface area contributed by atoms with Gasteiger partial charge in [-0.1, -0.05) is 26.2 Å². The maximum Gasteiger partial charge on any atom is 0.314 e. The zero-order chi connectivity index (χ0) is 14.6. The molecule has 0 aromatic rings. The topological polar surface area (TPSA) is 78.4 Å². The van der Waals surface area contributed by atoms with Crippen molar-refractivity contribution in [3.8, 4) is 0 Å². The summed E-state index contributed by atoms with van der Waals surface area (Å²) in [5, 5.41) is 15.1. The predicted octanol–water partition coefficient (Wildman–Crippen LogP) is 2.51. The summed E-state index contributed by atoms with van der Waals surface area (Å²) in [6, 6.07) is -0.226. The highest BCUT2D eigenvalue weighted by Crippen LogP contribution is 2.47. The Balaban J connectivity index is 1.77. The van der Waals surface area contributed by atoms with E-state index in [0.717, 1.165) is 25.7 Å². The Morgan fingerprint density at radius 2 is 1.60 bits per heavy atom. The average Bonchev–Trinajstić information content (AvgIpc) is 3.24. The van der Waals surface area contributed by atoms with E-state index in [1.54, 1.807) is 0 Å². The molecule has 5 heteroatoms. The molecule has 0 aliphatic heterocycles. The molecule has 0 spiro atoms. The minimum atomic E-state index is -0.773. The first-order valence-corrected chi connectivity index (χ1v) is 7.77. The second-order valence-electron chi connectivity index (χ2n) is 6.54. The van der Waals surface area contributed by atoms with E-state index >= 15 is 0 Å². The van der Waals surface area contributed by atoms with E-state index in [-0.39, 0.29) is 12.6 Å². The normalized spacial score (nSPS) is 22.9. The number of carbonyl (C=O) groups excluding carboxylic acids is 1. The average molecular weight is 282 g/mol. The SMILES string of the molecule is CCC1(CNC(=O)NCC2(C(=O)O)CCCCC2)CC1. The highest BCUT2D eigenvalue weighted by molar-refractivity contribution is 5.78. The molecule has 0 bridgehead atoms. The summed E-state index contributed by atoms with van der Waals surface area (Å²) in [4.78, 5) is 23.3. The molecule has 20 heavy (non-hydrogen) atoms. The standard InChI is InChI=1S/C15H26N2O3/c1-2-14(8-9-14)10-16-13(20)17-11-15(12(18)19)6-4-3-5-7-15/h2-11H2,1H3,(H,18,19)(H2,16,17,20). The van der Waals surface area contributed by atoms with E-state index in [1.165, 1.54) is 12.8 Å². The fourth-order valence-electron chi connectivity index (χ4n) is 3.11. The van der Waals surface area contributed by atoms with Crippen LogP contribution >= 0.6 is 0 Å². The molecule has 2 amide bonds. The van der Waals surface area contributed by atoms with Crippen LogP contribution in [0.25, 0.3) is 0 Å². The number of urea groups is 1. The summed E-state index contributed by atoms with van der Waals surface area (Å²) in [5.41, 5.74) is -0.440. The lowest BCUT2D eigenvalue weighted by atomic mass is 9.74. The van der Waals surface area contributed by atoms with Crippen LogP contribution in [0.15, 0.2) is 0 Å². The van der Waals surface area contributed by atoms with Gasteiger partial charge in [-0.3, -0.25) is 4.79 Å². The van der Waals surface area contributed by atoms with Gasteiger partial charge in [0.25, 0.3) is 0 Å². The summed E-state index contributed by atoms with van der Waals surface area (Å²) in [5.74, 6) is -0.773. The maximum absolute atomic E-state index is 11.8. The molecule has 0 atom stereocenters.